The highest BCUT2D eigenvalue weighted by atomic mass is 31.2. The lowest BCUT2D eigenvalue weighted by molar-refractivity contribution is -0.870. The number of hydrogen-bond acceptors (Lipinski definition) is 6. The zero-order chi connectivity index (χ0) is 21.6. The summed E-state index contributed by atoms with van der Waals surface area (Å²) in [6.07, 6.45) is 6.19. The summed E-state index contributed by atoms with van der Waals surface area (Å²) < 4.78 is 29.4. The number of allylic oxidation sites excluding steroid dienone is 2. The van der Waals surface area contributed by atoms with E-state index >= 15 is 0 Å². The Labute approximate surface area is 170 Å². The molecule has 28 heavy (non-hydrogen) atoms. The molecule has 0 spiro atoms. The number of rotatable bonds is 16. The smallest absolute Gasteiger partial charge is 0.327 e. The maximum absolute atomic E-state index is 12.5. The first-order chi connectivity index (χ1) is 13.0. The number of carbonyl (C=O) groups is 2. The van der Waals surface area contributed by atoms with Gasteiger partial charge in [-0.05, 0) is 19.3 Å². The van der Waals surface area contributed by atoms with Crippen LogP contribution in [0.15, 0.2) is 12.2 Å². The molecule has 0 amide bonds. The lowest BCUT2D eigenvalue weighted by atomic mass is 10.1. The SMILES string of the molecule is CC/C=C\CCC(=O)OC(CCC(=O)CC)COP(C)(=O)OCC[N+](C)(C)C. The summed E-state index contributed by atoms with van der Waals surface area (Å²) in [4.78, 5) is 23.6. The van der Waals surface area contributed by atoms with Crippen LogP contribution < -0.4 is 0 Å². The van der Waals surface area contributed by atoms with Gasteiger partial charge in [-0.15, -0.1) is 0 Å². The van der Waals surface area contributed by atoms with Crippen LogP contribution >= 0.6 is 7.60 Å². The van der Waals surface area contributed by atoms with Crippen molar-refractivity contribution in [2.75, 3.05) is 47.6 Å². The molecule has 0 aliphatic heterocycles. The Hall–Kier alpha value is -1.01. The fourth-order valence-electron chi connectivity index (χ4n) is 2.14. The highest BCUT2D eigenvalue weighted by Gasteiger charge is 2.23. The Morgan fingerprint density at radius 2 is 1.75 bits per heavy atom. The van der Waals surface area contributed by atoms with Gasteiger partial charge < -0.3 is 18.3 Å². The molecule has 0 aromatic heterocycles. The minimum Gasteiger partial charge on any atom is -0.460 e. The van der Waals surface area contributed by atoms with Crippen molar-refractivity contribution in [2.24, 2.45) is 0 Å². The predicted octanol–water partition coefficient (Wildman–Crippen LogP) is 3.97. The Kier molecular flexibility index (Phi) is 13.5. The summed E-state index contributed by atoms with van der Waals surface area (Å²) in [6.45, 7) is 6.18. The van der Waals surface area contributed by atoms with Crippen LogP contribution in [0.25, 0.3) is 0 Å². The van der Waals surface area contributed by atoms with Crippen molar-refractivity contribution in [3.05, 3.63) is 12.2 Å². The van der Waals surface area contributed by atoms with Crippen LogP contribution in [-0.4, -0.2) is 69.9 Å². The number of ether oxygens (including phenoxy) is 1. The van der Waals surface area contributed by atoms with Gasteiger partial charge in [0.25, 0.3) is 0 Å². The highest BCUT2D eigenvalue weighted by molar-refractivity contribution is 7.52. The van der Waals surface area contributed by atoms with Crippen LogP contribution in [0, 0.1) is 0 Å². The standard InChI is InChI=1S/C20H39NO6P/c1-7-9-10-11-12-20(23)27-19(14-13-18(22)8-2)17-26-28(6,24)25-16-15-21(3,4)5/h9-10,19H,7-8,11-17H2,1-6H3/q+1/b10-9-. The van der Waals surface area contributed by atoms with Gasteiger partial charge in [-0.1, -0.05) is 26.0 Å². The van der Waals surface area contributed by atoms with E-state index in [4.69, 9.17) is 13.8 Å². The van der Waals surface area contributed by atoms with Crippen molar-refractivity contribution in [2.45, 2.75) is 58.5 Å². The quantitative estimate of drug-likeness (QED) is 0.163. The second-order valence-electron chi connectivity index (χ2n) is 7.88. The van der Waals surface area contributed by atoms with Crippen LogP contribution in [0.4, 0.5) is 0 Å². The van der Waals surface area contributed by atoms with Crippen molar-refractivity contribution in [3.63, 3.8) is 0 Å². The number of hydrogen-bond donors (Lipinski definition) is 0. The molecule has 164 valence electrons. The predicted molar refractivity (Wildman–Crippen MR) is 111 cm³/mol. The maximum Gasteiger partial charge on any atom is 0.327 e. The lowest BCUT2D eigenvalue weighted by Gasteiger charge is -2.25. The van der Waals surface area contributed by atoms with Gasteiger partial charge in [-0.25, -0.2) is 0 Å². The zero-order valence-electron chi connectivity index (χ0n) is 18.4. The molecule has 0 fully saturated rings. The minimum atomic E-state index is -3.26. The molecule has 0 saturated carbocycles. The number of ketones is 1. The monoisotopic (exact) mass is 420 g/mol. The van der Waals surface area contributed by atoms with Gasteiger partial charge >= 0.3 is 13.6 Å². The van der Waals surface area contributed by atoms with E-state index in [9.17, 15) is 14.2 Å². The summed E-state index contributed by atoms with van der Waals surface area (Å²) in [7, 11) is 2.79. The first kappa shape index (κ1) is 27.0. The highest BCUT2D eigenvalue weighted by Crippen LogP contribution is 2.44. The van der Waals surface area contributed by atoms with E-state index < -0.39 is 13.7 Å². The first-order valence-electron chi connectivity index (χ1n) is 10.0. The third kappa shape index (κ3) is 16.0. The van der Waals surface area contributed by atoms with E-state index in [-0.39, 0.29) is 24.8 Å². The molecular formula is C20H39NO6P+. The molecule has 7 nitrogen and oxygen atoms in total. The average molecular weight is 421 g/mol. The summed E-state index contributed by atoms with van der Waals surface area (Å²) in [5.41, 5.74) is 0. The lowest BCUT2D eigenvalue weighted by Crippen LogP contribution is -2.37. The molecule has 2 atom stereocenters. The van der Waals surface area contributed by atoms with Crippen LogP contribution in [0.3, 0.4) is 0 Å². The summed E-state index contributed by atoms with van der Waals surface area (Å²) in [5.74, 6) is -0.263. The zero-order valence-corrected chi connectivity index (χ0v) is 19.3. The third-order valence-corrected chi connectivity index (χ3v) is 5.21. The number of nitrogens with zero attached hydrogens (tertiary/aromatic N) is 1. The minimum absolute atomic E-state index is 0.0499. The van der Waals surface area contributed by atoms with Gasteiger partial charge in [0.1, 0.15) is 25.0 Å². The molecule has 0 saturated heterocycles. The van der Waals surface area contributed by atoms with Crippen molar-refractivity contribution >= 4 is 19.3 Å². The number of likely N-dealkylation sites (N-methyl/N-ethyl adjacent to an activating group) is 1. The van der Waals surface area contributed by atoms with E-state index in [1.165, 1.54) is 6.66 Å². The van der Waals surface area contributed by atoms with E-state index in [0.29, 0.717) is 43.3 Å². The number of carbonyl (C=O) groups excluding carboxylic acids is 2. The van der Waals surface area contributed by atoms with Crippen LogP contribution in [-0.2, 0) is 27.9 Å². The Morgan fingerprint density at radius 3 is 2.32 bits per heavy atom. The molecule has 0 rings (SSSR count). The van der Waals surface area contributed by atoms with Crippen LogP contribution in [0.1, 0.15) is 52.4 Å². The number of quaternary nitrogens is 1. The van der Waals surface area contributed by atoms with Gasteiger partial charge in [-0.3, -0.25) is 14.2 Å². The summed E-state index contributed by atoms with van der Waals surface area (Å²) >= 11 is 0. The number of Topliss-reactive ketones (excluding diaryl/α,β-unsaturated/α-hetero) is 1. The van der Waals surface area contributed by atoms with Gasteiger partial charge in [0, 0.05) is 25.9 Å². The first-order valence-corrected chi connectivity index (χ1v) is 12.0. The molecule has 0 bridgehead atoms. The van der Waals surface area contributed by atoms with Crippen LogP contribution in [0.5, 0.6) is 0 Å². The van der Waals surface area contributed by atoms with E-state index in [0.717, 1.165) is 6.42 Å². The molecule has 0 aromatic rings. The molecule has 2 unspecified atom stereocenters. The van der Waals surface area contributed by atoms with Gasteiger partial charge in [0.15, 0.2) is 0 Å². The number of esters is 1. The summed E-state index contributed by atoms with van der Waals surface area (Å²) in [5, 5.41) is 0. The fraction of sp³-hybridized carbons (Fsp3) is 0.800. The maximum atomic E-state index is 12.5. The van der Waals surface area contributed by atoms with Gasteiger partial charge in [0.05, 0.1) is 27.7 Å². The average Bonchev–Trinajstić information content (AvgIpc) is 2.59. The second kappa shape index (κ2) is 14.0. The summed E-state index contributed by atoms with van der Waals surface area (Å²) in [6, 6.07) is 0. The Balaban J connectivity index is 4.60. The van der Waals surface area contributed by atoms with E-state index in [1.54, 1.807) is 6.92 Å². The molecule has 0 radical (unpaired) electrons. The Morgan fingerprint density at radius 1 is 1.07 bits per heavy atom. The van der Waals surface area contributed by atoms with E-state index in [1.807, 2.05) is 40.2 Å². The topological polar surface area (TPSA) is 78.9 Å². The molecule has 0 heterocycles. The molecule has 0 aliphatic rings. The van der Waals surface area contributed by atoms with Crippen molar-refractivity contribution < 1.29 is 32.4 Å². The van der Waals surface area contributed by atoms with Crippen molar-refractivity contribution in [1.29, 1.82) is 0 Å². The fourth-order valence-corrected chi connectivity index (χ4v) is 3.07. The largest absolute Gasteiger partial charge is 0.460 e. The molecular weight excluding hydrogens is 381 g/mol. The molecule has 8 heteroatoms. The molecule has 0 aromatic carbocycles. The molecule has 0 aliphatic carbocycles. The molecule has 0 N–H and O–H groups in total. The van der Waals surface area contributed by atoms with Gasteiger partial charge in [0.2, 0.25) is 0 Å². The Bertz CT molecular complexity index is 541. The van der Waals surface area contributed by atoms with Crippen molar-refractivity contribution in [1.82, 2.24) is 0 Å². The van der Waals surface area contributed by atoms with Gasteiger partial charge in [-0.2, -0.15) is 0 Å². The second-order valence-corrected chi connectivity index (χ2v) is 9.93. The van der Waals surface area contributed by atoms with E-state index in [2.05, 4.69) is 0 Å². The normalized spacial score (nSPS) is 15.4. The van der Waals surface area contributed by atoms with Crippen molar-refractivity contribution in [3.8, 4) is 0 Å². The van der Waals surface area contributed by atoms with Crippen LogP contribution in [0.2, 0.25) is 0 Å². The third-order valence-electron chi connectivity index (χ3n) is 3.94.